The highest BCUT2D eigenvalue weighted by molar-refractivity contribution is 7.22. The molecule has 13 heavy (non-hydrogen) atoms. The van der Waals surface area contributed by atoms with Gasteiger partial charge in [-0.2, -0.15) is 5.26 Å². The van der Waals surface area contributed by atoms with Crippen LogP contribution < -0.4 is 5.73 Å². The summed E-state index contributed by atoms with van der Waals surface area (Å²) in [6.45, 7) is 0. The minimum atomic E-state index is 0.168. The summed E-state index contributed by atoms with van der Waals surface area (Å²) in [6, 6.07) is 6.83. The van der Waals surface area contributed by atoms with Crippen molar-refractivity contribution in [2.24, 2.45) is 0 Å². The zero-order valence-corrected chi connectivity index (χ0v) is 7.43. The number of aromatic hydroxyl groups is 1. The smallest absolute Gasteiger partial charge is 0.124 e. The van der Waals surface area contributed by atoms with Gasteiger partial charge in [0.25, 0.3) is 0 Å². The molecule has 0 unspecified atom stereocenters. The van der Waals surface area contributed by atoms with E-state index in [0.29, 0.717) is 16.0 Å². The van der Waals surface area contributed by atoms with Crippen LogP contribution in [0.5, 0.6) is 5.75 Å². The highest BCUT2D eigenvalue weighted by Crippen LogP contribution is 2.35. The van der Waals surface area contributed by atoms with Gasteiger partial charge < -0.3 is 10.8 Å². The van der Waals surface area contributed by atoms with Crippen molar-refractivity contribution in [3.05, 3.63) is 23.8 Å². The second-order valence-electron chi connectivity index (χ2n) is 2.64. The number of phenolic OH excluding ortho intramolecular Hbond substituents is 1. The lowest BCUT2D eigenvalue weighted by Gasteiger charge is -1.94. The topological polar surface area (TPSA) is 70.0 Å². The lowest BCUT2D eigenvalue weighted by molar-refractivity contribution is 0.482. The highest BCUT2D eigenvalue weighted by atomic mass is 32.1. The lowest BCUT2D eigenvalue weighted by atomic mass is 10.1. The van der Waals surface area contributed by atoms with Crippen molar-refractivity contribution in [2.45, 2.75) is 0 Å². The van der Waals surface area contributed by atoms with E-state index in [1.54, 1.807) is 12.1 Å². The fourth-order valence-electron chi connectivity index (χ4n) is 1.22. The number of benzene rings is 1. The Labute approximate surface area is 78.6 Å². The van der Waals surface area contributed by atoms with Gasteiger partial charge in [-0.15, -0.1) is 11.3 Å². The Bertz CT molecular complexity index is 510. The van der Waals surface area contributed by atoms with Gasteiger partial charge in [0.15, 0.2) is 0 Å². The molecule has 2 rings (SSSR count). The summed E-state index contributed by atoms with van der Waals surface area (Å²) in [4.78, 5) is 0. The molecule has 1 heterocycles. The number of nitrogens with two attached hydrogens (primary N) is 1. The molecule has 2 aromatic rings. The summed E-state index contributed by atoms with van der Waals surface area (Å²) in [6.07, 6.45) is 0. The first kappa shape index (κ1) is 7.90. The SMILES string of the molecule is N#Cc1ccc(O)c2cc(N)sc12. The van der Waals surface area contributed by atoms with E-state index in [9.17, 15) is 5.11 Å². The summed E-state index contributed by atoms with van der Waals surface area (Å²) in [5, 5.41) is 19.5. The first-order chi connectivity index (χ1) is 6.22. The van der Waals surface area contributed by atoms with Crippen LogP contribution in [-0.2, 0) is 0 Å². The third-order valence-electron chi connectivity index (χ3n) is 1.80. The number of anilines is 1. The third-order valence-corrected chi connectivity index (χ3v) is 2.80. The average Bonchev–Trinajstić information content (AvgIpc) is 2.48. The van der Waals surface area contributed by atoms with Crippen molar-refractivity contribution >= 4 is 26.4 Å². The summed E-state index contributed by atoms with van der Waals surface area (Å²) in [5.74, 6) is 0.168. The summed E-state index contributed by atoms with van der Waals surface area (Å²) >= 11 is 1.31. The minimum absolute atomic E-state index is 0.168. The number of thiophene rings is 1. The van der Waals surface area contributed by atoms with Gasteiger partial charge in [-0.25, -0.2) is 0 Å². The molecule has 0 aliphatic carbocycles. The normalized spacial score (nSPS) is 10.1. The van der Waals surface area contributed by atoms with E-state index in [0.717, 1.165) is 4.70 Å². The van der Waals surface area contributed by atoms with Gasteiger partial charge in [0, 0.05) is 5.39 Å². The maximum absolute atomic E-state index is 9.45. The van der Waals surface area contributed by atoms with Crippen LogP contribution in [0.1, 0.15) is 5.56 Å². The van der Waals surface area contributed by atoms with E-state index in [1.807, 2.05) is 0 Å². The van der Waals surface area contributed by atoms with Crippen LogP contribution in [0.25, 0.3) is 10.1 Å². The monoisotopic (exact) mass is 190 g/mol. The standard InChI is InChI=1S/C9H6N2OS/c10-4-5-1-2-7(12)6-3-8(11)13-9(5)6/h1-3,12H,11H2. The number of nitrogen functional groups attached to an aromatic ring is 1. The first-order valence-corrected chi connectivity index (χ1v) is 4.45. The molecule has 0 radical (unpaired) electrons. The third kappa shape index (κ3) is 1.10. The van der Waals surface area contributed by atoms with Crippen LogP contribution in [0.15, 0.2) is 18.2 Å². The molecule has 0 saturated carbocycles. The van der Waals surface area contributed by atoms with Crippen molar-refractivity contribution in [1.29, 1.82) is 5.26 Å². The van der Waals surface area contributed by atoms with Crippen molar-refractivity contribution in [1.82, 2.24) is 0 Å². The number of phenols is 1. The van der Waals surface area contributed by atoms with E-state index in [2.05, 4.69) is 6.07 Å². The minimum Gasteiger partial charge on any atom is -0.507 e. The second-order valence-corrected chi connectivity index (χ2v) is 3.72. The number of rotatable bonds is 0. The molecule has 1 aromatic heterocycles. The lowest BCUT2D eigenvalue weighted by Crippen LogP contribution is -1.73. The molecule has 4 heteroatoms. The molecule has 0 saturated heterocycles. The molecule has 0 spiro atoms. The van der Waals surface area contributed by atoms with E-state index in [-0.39, 0.29) is 5.75 Å². The molecule has 3 N–H and O–H groups in total. The van der Waals surface area contributed by atoms with Crippen molar-refractivity contribution in [3.8, 4) is 11.8 Å². The number of hydrogen-bond acceptors (Lipinski definition) is 4. The highest BCUT2D eigenvalue weighted by Gasteiger charge is 2.07. The molecule has 64 valence electrons. The van der Waals surface area contributed by atoms with Crippen molar-refractivity contribution in [3.63, 3.8) is 0 Å². The molecular formula is C9H6N2OS. The van der Waals surface area contributed by atoms with Crippen LogP contribution in [0.2, 0.25) is 0 Å². The predicted molar refractivity (Wildman–Crippen MR) is 52.6 cm³/mol. The van der Waals surface area contributed by atoms with Crippen LogP contribution in [0.4, 0.5) is 5.00 Å². The van der Waals surface area contributed by atoms with Gasteiger partial charge in [-0.1, -0.05) is 0 Å². The van der Waals surface area contributed by atoms with Crippen LogP contribution in [0, 0.1) is 11.3 Å². The summed E-state index contributed by atoms with van der Waals surface area (Å²) in [7, 11) is 0. The van der Waals surface area contributed by atoms with Gasteiger partial charge >= 0.3 is 0 Å². The molecule has 0 aliphatic heterocycles. The van der Waals surface area contributed by atoms with Crippen LogP contribution in [-0.4, -0.2) is 5.11 Å². The van der Waals surface area contributed by atoms with Gasteiger partial charge in [0.05, 0.1) is 15.3 Å². The Kier molecular flexibility index (Phi) is 1.61. The van der Waals surface area contributed by atoms with Crippen LogP contribution >= 0.6 is 11.3 Å². The van der Waals surface area contributed by atoms with E-state index in [1.165, 1.54) is 17.4 Å². The Morgan fingerprint density at radius 1 is 1.46 bits per heavy atom. The number of nitriles is 1. The molecule has 0 fully saturated rings. The summed E-state index contributed by atoms with van der Waals surface area (Å²) in [5.41, 5.74) is 6.13. The molecule has 0 aliphatic rings. The Morgan fingerprint density at radius 3 is 2.92 bits per heavy atom. The quantitative estimate of drug-likeness (QED) is 0.668. The number of fused-ring (bicyclic) bond motifs is 1. The predicted octanol–water partition coefficient (Wildman–Crippen LogP) is 2.06. The summed E-state index contributed by atoms with van der Waals surface area (Å²) < 4.78 is 0.750. The number of nitrogens with zero attached hydrogens (tertiary/aromatic N) is 1. The first-order valence-electron chi connectivity index (χ1n) is 3.63. The van der Waals surface area contributed by atoms with E-state index < -0.39 is 0 Å². The van der Waals surface area contributed by atoms with Crippen LogP contribution in [0.3, 0.4) is 0 Å². The average molecular weight is 190 g/mol. The molecule has 3 nitrogen and oxygen atoms in total. The largest absolute Gasteiger partial charge is 0.507 e. The molecule has 0 atom stereocenters. The molecule has 1 aromatic carbocycles. The van der Waals surface area contributed by atoms with Gasteiger partial charge in [-0.05, 0) is 18.2 Å². The zero-order chi connectivity index (χ0) is 9.42. The fourth-order valence-corrected chi connectivity index (χ4v) is 2.13. The maximum atomic E-state index is 9.45. The van der Waals surface area contributed by atoms with Gasteiger partial charge in [-0.3, -0.25) is 0 Å². The maximum Gasteiger partial charge on any atom is 0.124 e. The number of hydrogen-bond donors (Lipinski definition) is 2. The van der Waals surface area contributed by atoms with Crippen molar-refractivity contribution < 1.29 is 5.11 Å². The molecular weight excluding hydrogens is 184 g/mol. The van der Waals surface area contributed by atoms with E-state index in [4.69, 9.17) is 11.0 Å². The fraction of sp³-hybridized carbons (Fsp3) is 0. The zero-order valence-electron chi connectivity index (χ0n) is 6.61. The Balaban J connectivity index is 2.94. The van der Waals surface area contributed by atoms with Crippen molar-refractivity contribution in [2.75, 3.05) is 5.73 Å². The molecule has 0 bridgehead atoms. The second kappa shape index (κ2) is 2.64. The Hall–Kier alpha value is -1.73. The van der Waals surface area contributed by atoms with Gasteiger partial charge in [0.1, 0.15) is 11.8 Å². The van der Waals surface area contributed by atoms with Gasteiger partial charge in [0.2, 0.25) is 0 Å². The molecule has 0 amide bonds. The van der Waals surface area contributed by atoms with E-state index >= 15 is 0 Å². The Morgan fingerprint density at radius 2 is 2.23 bits per heavy atom.